The standard InChI is InChI=1S/C8H14F2N4/c9-8(10)7-1-4-14(5-2-7)6-3-12-13-11/h7-8H,1-6H2. The van der Waals surface area contributed by atoms with Crippen molar-refractivity contribution in [3.8, 4) is 0 Å². The first-order valence-corrected chi connectivity index (χ1v) is 4.75. The predicted octanol–water partition coefficient (Wildman–Crippen LogP) is 2.27. The number of azide groups is 1. The van der Waals surface area contributed by atoms with Crippen molar-refractivity contribution in [2.45, 2.75) is 19.3 Å². The molecule has 0 aromatic heterocycles. The first-order chi connectivity index (χ1) is 6.74. The lowest BCUT2D eigenvalue weighted by atomic mass is 9.97. The van der Waals surface area contributed by atoms with Crippen LogP contribution in [0, 0.1) is 5.92 Å². The summed E-state index contributed by atoms with van der Waals surface area (Å²) in [5, 5.41) is 3.41. The van der Waals surface area contributed by atoms with Gasteiger partial charge in [-0.2, -0.15) is 0 Å². The van der Waals surface area contributed by atoms with Crippen LogP contribution in [0.3, 0.4) is 0 Å². The molecule has 0 bridgehead atoms. The minimum Gasteiger partial charge on any atom is -0.303 e. The zero-order chi connectivity index (χ0) is 10.4. The van der Waals surface area contributed by atoms with Crippen molar-refractivity contribution < 1.29 is 8.78 Å². The molecule has 0 aromatic rings. The Morgan fingerprint density at radius 2 is 2.07 bits per heavy atom. The van der Waals surface area contributed by atoms with Crippen molar-refractivity contribution in [3.63, 3.8) is 0 Å². The van der Waals surface area contributed by atoms with Crippen molar-refractivity contribution in [2.75, 3.05) is 26.2 Å². The highest BCUT2D eigenvalue weighted by Crippen LogP contribution is 2.23. The van der Waals surface area contributed by atoms with Gasteiger partial charge in [-0.3, -0.25) is 0 Å². The van der Waals surface area contributed by atoms with Crippen LogP contribution in [0.4, 0.5) is 8.78 Å². The average Bonchev–Trinajstić information content (AvgIpc) is 2.19. The second-order valence-corrected chi connectivity index (χ2v) is 3.47. The third-order valence-corrected chi connectivity index (χ3v) is 2.57. The largest absolute Gasteiger partial charge is 0.303 e. The molecular formula is C8H14F2N4. The van der Waals surface area contributed by atoms with Gasteiger partial charge in [-0.25, -0.2) is 8.78 Å². The van der Waals surface area contributed by atoms with Crippen LogP contribution in [-0.2, 0) is 0 Å². The molecule has 1 fully saturated rings. The van der Waals surface area contributed by atoms with E-state index < -0.39 is 12.3 Å². The molecule has 0 unspecified atom stereocenters. The fourth-order valence-corrected chi connectivity index (χ4v) is 1.66. The Morgan fingerprint density at radius 3 is 2.57 bits per heavy atom. The number of halogens is 2. The lowest BCUT2D eigenvalue weighted by Gasteiger charge is -2.30. The first-order valence-electron chi connectivity index (χ1n) is 4.75. The smallest absolute Gasteiger partial charge is 0.241 e. The Balaban J connectivity index is 2.18. The topological polar surface area (TPSA) is 52.0 Å². The van der Waals surface area contributed by atoms with E-state index in [1.807, 2.05) is 0 Å². The fraction of sp³-hybridized carbons (Fsp3) is 1.00. The van der Waals surface area contributed by atoms with Gasteiger partial charge in [0.25, 0.3) is 0 Å². The van der Waals surface area contributed by atoms with Gasteiger partial charge < -0.3 is 4.90 Å². The molecule has 0 spiro atoms. The Kier molecular flexibility index (Phi) is 4.62. The zero-order valence-electron chi connectivity index (χ0n) is 7.94. The monoisotopic (exact) mass is 204 g/mol. The van der Waals surface area contributed by atoms with E-state index in [1.165, 1.54) is 0 Å². The molecule has 1 rings (SSSR count). The Bertz CT molecular complexity index is 207. The highest BCUT2D eigenvalue weighted by Gasteiger charge is 2.25. The highest BCUT2D eigenvalue weighted by molar-refractivity contribution is 4.74. The molecule has 0 saturated carbocycles. The molecule has 4 nitrogen and oxygen atoms in total. The molecule has 0 aromatic carbocycles. The van der Waals surface area contributed by atoms with Crippen LogP contribution in [0.5, 0.6) is 0 Å². The lowest BCUT2D eigenvalue weighted by molar-refractivity contribution is 0.0360. The normalized spacial score (nSPS) is 19.6. The summed E-state index contributed by atoms with van der Waals surface area (Å²) >= 11 is 0. The lowest BCUT2D eigenvalue weighted by Crippen LogP contribution is -2.37. The Labute approximate surface area is 81.5 Å². The molecule has 1 aliphatic heterocycles. The third kappa shape index (κ3) is 3.47. The van der Waals surface area contributed by atoms with E-state index in [2.05, 4.69) is 14.9 Å². The molecule has 0 amide bonds. The van der Waals surface area contributed by atoms with Gasteiger partial charge in [0, 0.05) is 23.9 Å². The van der Waals surface area contributed by atoms with Crippen LogP contribution in [-0.4, -0.2) is 37.5 Å². The van der Waals surface area contributed by atoms with Crippen molar-refractivity contribution in [1.82, 2.24) is 4.90 Å². The number of hydrogen-bond donors (Lipinski definition) is 0. The van der Waals surface area contributed by atoms with Crippen molar-refractivity contribution in [3.05, 3.63) is 10.4 Å². The molecule has 0 aliphatic carbocycles. The van der Waals surface area contributed by atoms with Crippen LogP contribution >= 0.6 is 0 Å². The van der Waals surface area contributed by atoms with Crippen molar-refractivity contribution >= 4 is 0 Å². The van der Waals surface area contributed by atoms with Gasteiger partial charge in [-0.1, -0.05) is 5.11 Å². The summed E-state index contributed by atoms with van der Waals surface area (Å²) in [5.41, 5.74) is 8.05. The number of piperidine rings is 1. The third-order valence-electron chi connectivity index (χ3n) is 2.57. The Hall–Kier alpha value is -0.870. The summed E-state index contributed by atoms with van der Waals surface area (Å²) in [5.74, 6) is -0.439. The zero-order valence-corrected chi connectivity index (χ0v) is 7.94. The van der Waals surface area contributed by atoms with E-state index in [4.69, 9.17) is 5.53 Å². The van der Waals surface area contributed by atoms with Crippen molar-refractivity contribution in [1.29, 1.82) is 0 Å². The van der Waals surface area contributed by atoms with E-state index in [0.717, 1.165) is 0 Å². The Morgan fingerprint density at radius 1 is 1.43 bits per heavy atom. The number of rotatable bonds is 4. The van der Waals surface area contributed by atoms with Gasteiger partial charge in [0.2, 0.25) is 6.43 Å². The maximum atomic E-state index is 12.3. The summed E-state index contributed by atoms with van der Waals surface area (Å²) in [6, 6.07) is 0. The highest BCUT2D eigenvalue weighted by atomic mass is 19.3. The molecule has 1 saturated heterocycles. The van der Waals surface area contributed by atoms with Gasteiger partial charge in [0.1, 0.15) is 0 Å². The maximum absolute atomic E-state index is 12.3. The van der Waals surface area contributed by atoms with Gasteiger partial charge in [-0.15, -0.1) is 0 Å². The van der Waals surface area contributed by atoms with Crippen LogP contribution in [0.1, 0.15) is 12.8 Å². The number of alkyl halides is 2. The molecule has 6 heteroatoms. The maximum Gasteiger partial charge on any atom is 0.241 e. The number of nitrogens with zero attached hydrogens (tertiary/aromatic N) is 4. The minimum atomic E-state index is -2.19. The quantitative estimate of drug-likeness (QED) is 0.393. The van der Waals surface area contributed by atoms with Gasteiger partial charge >= 0.3 is 0 Å². The molecule has 1 aliphatic rings. The van der Waals surface area contributed by atoms with Gasteiger partial charge in [0.15, 0.2) is 0 Å². The van der Waals surface area contributed by atoms with Crippen LogP contribution in [0.2, 0.25) is 0 Å². The molecule has 80 valence electrons. The summed E-state index contributed by atoms with van der Waals surface area (Å²) in [4.78, 5) is 4.70. The average molecular weight is 204 g/mol. The van der Waals surface area contributed by atoms with E-state index in [0.29, 0.717) is 39.0 Å². The molecule has 14 heavy (non-hydrogen) atoms. The number of hydrogen-bond acceptors (Lipinski definition) is 2. The van der Waals surface area contributed by atoms with Crippen LogP contribution in [0.15, 0.2) is 5.11 Å². The van der Waals surface area contributed by atoms with E-state index in [1.54, 1.807) is 0 Å². The second kappa shape index (κ2) is 5.78. The number of likely N-dealkylation sites (tertiary alicyclic amines) is 1. The van der Waals surface area contributed by atoms with Gasteiger partial charge in [0.05, 0.1) is 0 Å². The van der Waals surface area contributed by atoms with Crippen LogP contribution < -0.4 is 0 Å². The minimum absolute atomic E-state index is 0.426. The van der Waals surface area contributed by atoms with Crippen molar-refractivity contribution in [2.24, 2.45) is 11.0 Å². The molecule has 0 atom stereocenters. The second-order valence-electron chi connectivity index (χ2n) is 3.47. The summed E-state index contributed by atoms with van der Waals surface area (Å²) in [7, 11) is 0. The van der Waals surface area contributed by atoms with Crippen LogP contribution in [0.25, 0.3) is 10.4 Å². The summed E-state index contributed by atoms with van der Waals surface area (Å²) < 4.78 is 24.5. The molecular weight excluding hydrogens is 190 g/mol. The first kappa shape index (κ1) is 11.2. The summed E-state index contributed by atoms with van der Waals surface area (Å²) in [6.45, 7) is 2.49. The predicted molar refractivity (Wildman–Crippen MR) is 49.2 cm³/mol. The van der Waals surface area contributed by atoms with E-state index >= 15 is 0 Å². The molecule has 0 N–H and O–H groups in total. The van der Waals surface area contributed by atoms with Gasteiger partial charge in [-0.05, 0) is 31.5 Å². The van der Waals surface area contributed by atoms with E-state index in [9.17, 15) is 8.78 Å². The molecule has 1 heterocycles. The van der Waals surface area contributed by atoms with E-state index in [-0.39, 0.29) is 0 Å². The molecule has 0 radical (unpaired) electrons. The summed E-state index contributed by atoms with van der Waals surface area (Å²) in [6.07, 6.45) is -1.09. The fourth-order valence-electron chi connectivity index (χ4n) is 1.66. The SMILES string of the molecule is [N-]=[N+]=NCCN1CCC(C(F)F)CC1.